The Hall–Kier alpha value is -0.870. The highest BCUT2D eigenvalue weighted by atomic mass is 16.5. The molecule has 1 aliphatic rings. The van der Waals surface area contributed by atoms with Gasteiger partial charge in [0.1, 0.15) is 0 Å². The third-order valence-corrected chi connectivity index (χ3v) is 3.90. The van der Waals surface area contributed by atoms with E-state index >= 15 is 0 Å². The Morgan fingerprint density at radius 1 is 1.50 bits per heavy atom. The molecule has 4 nitrogen and oxygen atoms in total. The minimum atomic E-state index is 0.204. The van der Waals surface area contributed by atoms with Crippen molar-refractivity contribution in [3.05, 3.63) is 18.0 Å². The minimum Gasteiger partial charge on any atom is -0.370 e. The second-order valence-corrected chi connectivity index (χ2v) is 5.34. The van der Waals surface area contributed by atoms with Crippen molar-refractivity contribution in [3.63, 3.8) is 0 Å². The van der Waals surface area contributed by atoms with E-state index < -0.39 is 0 Å². The van der Waals surface area contributed by atoms with Crippen LogP contribution in [0, 0.1) is 0 Å². The highest BCUT2D eigenvalue weighted by Gasteiger charge is 2.22. The van der Waals surface area contributed by atoms with Crippen LogP contribution >= 0.6 is 0 Å². The molecule has 0 saturated heterocycles. The molecule has 18 heavy (non-hydrogen) atoms. The van der Waals surface area contributed by atoms with Crippen molar-refractivity contribution in [1.82, 2.24) is 9.78 Å². The predicted molar refractivity (Wildman–Crippen MR) is 72.2 cm³/mol. The molecule has 2 N–H and O–H groups in total. The van der Waals surface area contributed by atoms with Crippen molar-refractivity contribution >= 4 is 0 Å². The maximum atomic E-state index is 6.07. The molecule has 0 bridgehead atoms. The zero-order chi connectivity index (χ0) is 13.0. The summed E-state index contributed by atoms with van der Waals surface area (Å²) in [7, 11) is 0. The van der Waals surface area contributed by atoms with Crippen LogP contribution in [0.25, 0.3) is 0 Å². The summed E-state index contributed by atoms with van der Waals surface area (Å²) < 4.78 is 7.92. The quantitative estimate of drug-likeness (QED) is 0.875. The number of nitrogens with two attached hydrogens (primary N) is 1. The molecule has 3 unspecified atom stereocenters. The summed E-state index contributed by atoms with van der Waals surface area (Å²) in [6.07, 6.45) is 8.00. The van der Waals surface area contributed by atoms with Crippen LogP contribution in [0.4, 0.5) is 0 Å². The van der Waals surface area contributed by atoms with E-state index in [0.717, 1.165) is 25.0 Å². The van der Waals surface area contributed by atoms with E-state index in [2.05, 4.69) is 18.9 Å². The van der Waals surface area contributed by atoms with Gasteiger partial charge in [-0.3, -0.25) is 4.68 Å². The standard InChI is InChI=1S/C14H25N3O/c1-3-11(2)17-9-8-12(16-17)10-18-14-7-5-4-6-13(14)15/h8-9,11,13-14H,3-7,10,15H2,1-2H3. The largest absolute Gasteiger partial charge is 0.370 e. The fraction of sp³-hybridized carbons (Fsp3) is 0.786. The van der Waals surface area contributed by atoms with Gasteiger partial charge in [-0.05, 0) is 32.3 Å². The van der Waals surface area contributed by atoms with E-state index in [-0.39, 0.29) is 12.1 Å². The average molecular weight is 251 g/mol. The zero-order valence-electron chi connectivity index (χ0n) is 11.5. The van der Waals surface area contributed by atoms with Crippen molar-refractivity contribution in [1.29, 1.82) is 0 Å². The summed E-state index contributed by atoms with van der Waals surface area (Å²) >= 11 is 0. The molecule has 4 heteroatoms. The van der Waals surface area contributed by atoms with Gasteiger partial charge in [-0.15, -0.1) is 0 Å². The number of hydrogen-bond donors (Lipinski definition) is 1. The third kappa shape index (κ3) is 3.33. The van der Waals surface area contributed by atoms with Crippen LogP contribution in [0.5, 0.6) is 0 Å². The molecule has 1 heterocycles. The molecule has 1 aliphatic carbocycles. The van der Waals surface area contributed by atoms with E-state index in [0.29, 0.717) is 12.6 Å². The maximum absolute atomic E-state index is 6.07. The van der Waals surface area contributed by atoms with Gasteiger partial charge in [-0.1, -0.05) is 19.8 Å². The van der Waals surface area contributed by atoms with Crippen LogP contribution in [-0.2, 0) is 11.3 Å². The van der Waals surface area contributed by atoms with Crippen molar-refractivity contribution < 1.29 is 4.74 Å². The number of rotatable bonds is 5. The summed E-state index contributed by atoms with van der Waals surface area (Å²) in [5.74, 6) is 0. The Morgan fingerprint density at radius 2 is 2.28 bits per heavy atom. The molecule has 1 fully saturated rings. The monoisotopic (exact) mass is 251 g/mol. The molecule has 0 aliphatic heterocycles. The van der Waals surface area contributed by atoms with Gasteiger partial charge >= 0.3 is 0 Å². The Kier molecular flexibility index (Phi) is 4.78. The summed E-state index contributed by atoms with van der Waals surface area (Å²) in [6.45, 7) is 4.93. The van der Waals surface area contributed by atoms with Gasteiger partial charge in [0, 0.05) is 18.3 Å². The fourth-order valence-electron chi connectivity index (χ4n) is 2.41. The number of ether oxygens (including phenoxy) is 1. The summed E-state index contributed by atoms with van der Waals surface area (Å²) in [5, 5.41) is 4.54. The first-order valence-corrected chi connectivity index (χ1v) is 7.12. The van der Waals surface area contributed by atoms with Gasteiger partial charge in [-0.2, -0.15) is 5.10 Å². The predicted octanol–water partition coefficient (Wildman–Crippen LogP) is 2.64. The Bertz CT molecular complexity index is 364. The lowest BCUT2D eigenvalue weighted by molar-refractivity contribution is 0.00231. The van der Waals surface area contributed by atoms with E-state index in [4.69, 9.17) is 10.5 Å². The average Bonchev–Trinajstić information content (AvgIpc) is 2.86. The number of nitrogens with zero attached hydrogens (tertiary/aromatic N) is 2. The van der Waals surface area contributed by atoms with Crippen molar-refractivity contribution in [2.24, 2.45) is 5.73 Å². The third-order valence-electron chi connectivity index (χ3n) is 3.90. The van der Waals surface area contributed by atoms with Gasteiger partial charge in [0.15, 0.2) is 0 Å². The van der Waals surface area contributed by atoms with E-state index in [1.165, 1.54) is 12.8 Å². The smallest absolute Gasteiger partial charge is 0.0911 e. The summed E-state index contributed by atoms with van der Waals surface area (Å²) in [5.41, 5.74) is 7.07. The normalized spacial score (nSPS) is 26.2. The van der Waals surface area contributed by atoms with Crippen LogP contribution in [0.1, 0.15) is 57.7 Å². The Morgan fingerprint density at radius 3 is 3.00 bits per heavy atom. The topological polar surface area (TPSA) is 53.1 Å². The summed E-state index contributed by atoms with van der Waals surface area (Å²) in [6, 6.07) is 2.70. The number of aromatic nitrogens is 2. The first kappa shape index (κ1) is 13.6. The van der Waals surface area contributed by atoms with Crippen LogP contribution in [0.3, 0.4) is 0 Å². The van der Waals surface area contributed by atoms with Gasteiger partial charge in [0.2, 0.25) is 0 Å². The van der Waals surface area contributed by atoms with E-state index in [1.54, 1.807) is 0 Å². The van der Waals surface area contributed by atoms with Crippen LogP contribution < -0.4 is 5.73 Å². The first-order chi connectivity index (χ1) is 8.70. The van der Waals surface area contributed by atoms with Crippen LogP contribution in [0.2, 0.25) is 0 Å². The molecule has 102 valence electrons. The Labute approximate surface area is 110 Å². The Balaban J connectivity index is 1.84. The molecule has 0 aromatic carbocycles. The highest BCUT2D eigenvalue weighted by molar-refractivity contribution is 4.98. The maximum Gasteiger partial charge on any atom is 0.0911 e. The molecule has 0 spiro atoms. The molecule has 2 rings (SSSR count). The van der Waals surface area contributed by atoms with Crippen molar-refractivity contribution in [2.75, 3.05) is 0 Å². The highest BCUT2D eigenvalue weighted by Crippen LogP contribution is 2.20. The van der Waals surface area contributed by atoms with Crippen molar-refractivity contribution in [3.8, 4) is 0 Å². The summed E-state index contributed by atoms with van der Waals surface area (Å²) in [4.78, 5) is 0. The molecule has 1 saturated carbocycles. The van der Waals surface area contributed by atoms with Gasteiger partial charge < -0.3 is 10.5 Å². The molecule has 3 atom stereocenters. The van der Waals surface area contributed by atoms with Gasteiger partial charge in [0.25, 0.3) is 0 Å². The molecule has 1 aromatic rings. The van der Waals surface area contributed by atoms with Gasteiger partial charge in [0.05, 0.1) is 18.4 Å². The molecular formula is C14H25N3O. The van der Waals surface area contributed by atoms with Crippen LogP contribution in [0.15, 0.2) is 12.3 Å². The second kappa shape index (κ2) is 6.34. The molecule has 0 radical (unpaired) electrons. The second-order valence-electron chi connectivity index (χ2n) is 5.34. The van der Waals surface area contributed by atoms with Crippen molar-refractivity contribution in [2.45, 2.75) is 70.7 Å². The first-order valence-electron chi connectivity index (χ1n) is 7.12. The number of hydrogen-bond acceptors (Lipinski definition) is 3. The molecule has 1 aromatic heterocycles. The molecule has 0 amide bonds. The SMILES string of the molecule is CCC(C)n1ccc(COC2CCCCC2N)n1. The lowest BCUT2D eigenvalue weighted by Gasteiger charge is -2.28. The van der Waals surface area contributed by atoms with E-state index in [1.807, 2.05) is 16.9 Å². The van der Waals surface area contributed by atoms with Crippen LogP contribution in [-0.4, -0.2) is 21.9 Å². The van der Waals surface area contributed by atoms with Gasteiger partial charge in [-0.25, -0.2) is 0 Å². The zero-order valence-corrected chi connectivity index (χ0v) is 11.5. The lowest BCUT2D eigenvalue weighted by Crippen LogP contribution is -2.39. The minimum absolute atomic E-state index is 0.204. The van der Waals surface area contributed by atoms with E-state index in [9.17, 15) is 0 Å². The molecular weight excluding hydrogens is 226 g/mol. The lowest BCUT2D eigenvalue weighted by atomic mass is 9.93. The fourth-order valence-corrected chi connectivity index (χ4v) is 2.41.